The van der Waals surface area contributed by atoms with Crippen LogP contribution in [0.5, 0.6) is 5.75 Å². The summed E-state index contributed by atoms with van der Waals surface area (Å²) in [5.41, 5.74) is -1.43. The molecule has 1 N–H and O–H groups in total. The fourth-order valence-electron chi connectivity index (χ4n) is 2.63. The van der Waals surface area contributed by atoms with Gasteiger partial charge in [0.2, 0.25) is 0 Å². The van der Waals surface area contributed by atoms with Gasteiger partial charge in [-0.05, 0) is 39.0 Å². The predicted octanol–water partition coefficient (Wildman–Crippen LogP) is 3.15. The molecule has 1 aliphatic heterocycles. The van der Waals surface area contributed by atoms with Crippen molar-refractivity contribution in [3.05, 3.63) is 23.8 Å². The molecule has 1 fully saturated rings. The summed E-state index contributed by atoms with van der Waals surface area (Å²) in [6, 6.07) is 2.50. The number of sulfone groups is 1. The number of alkyl halides is 3. The van der Waals surface area contributed by atoms with Crippen molar-refractivity contribution in [2.24, 2.45) is 0 Å². The second-order valence-corrected chi connectivity index (χ2v) is 9.31. The molecule has 1 aromatic carbocycles. The first-order chi connectivity index (χ1) is 11.9. The molecule has 0 unspecified atom stereocenters. The highest BCUT2D eigenvalue weighted by atomic mass is 32.2. The number of ether oxygens (including phenoxy) is 1. The Kier molecular flexibility index (Phi) is 5.46. The van der Waals surface area contributed by atoms with Gasteiger partial charge in [0.1, 0.15) is 5.75 Å². The fourth-order valence-corrected chi connectivity index (χ4v) is 4.00. The average Bonchev–Trinajstić information content (AvgIpc) is 2.50. The number of anilines is 1. The molecular formula is C16H21F3N2O4S. The Hall–Kier alpha value is -1.97. The molecule has 1 aliphatic rings. The Labute approximate surface area is 150 Å². The SMILES string of the molecule is CCOc1ccc(NC(=O)N2CCS(=O)(=O)C(C)(C)C2)c(C(F)(F)F)c1. The predicted molar refractivity (Wildman–Crippen MR) is 91.1 cm³/mol. The van der Waals surface area contributed by atoms with E-state index in [1.807, 2.05) is 0 Å². The molecule has 10 heteroatoms. The summed E-state index contributed by atoms with van der Waals surface area (Å²) in [5, 5.41) is 2.24. The first kappa shape index (κ1) is 20.3. The minimum Gasteiger partial charge on any atom is -0.494 e. The van der Waals surface area contributed by atoms with Crippen LogP contribution in [0, 0.1) is 0 Å². The molecule has 2 amide bonds. The van der Waals surface area contributed by atoms with Crippen LogP contribution in [0.1, 0.15) is 26.3 Å². The zero-order chi connectivity index (χ0) is 19.8. The Morgan fingerprint density at radius 1 is 1.35 bits per heavy atom. The van der Waals surface area contributed by atoms with Crippen molar-refractivity contribution in [2.75, 3.05) is 30.8 Å². The zero-order valence-electron chi connectivity index (χ0n) is 14.7. The van der Waals surface area contributed by atoms with E-state index in [2.05, 4.69) is 5.32 Å². The van der Waals surface area contributed by atoms with Crippen LogP contribution in [0.2, 0.25) is 0 Å². The first-order valence-electron chi connectivity index (χ1n) is 7.99. The second-order valence-electron chi connectivity index (χ2n) is 6.57. The van der Waals surface area contributed by atoms with Crippen LogP contribution in [0.15, 0.2) is 18.2 Å². The number of carbonyl (C=O) groups excluding carboxylic acids is 1. The van der Waals surface area contributed by atoms with Crippen LogP contribution in [0.25, 0.3) is 0 Å². The van der Waals surface area contributed by atoms with Crippen LogP contribution < -0.4 is 10.1 Å². The topological polar surface area (TPSA) is 75.7 Å². The molecule has 0 atom stereocenters. The number of urea groups is 1. The lowest BCUT2D eigenvalue weighted by Gasteiger charge is -2.37. The number of halogens is 3. The normalized spacial score (nSPS) is 19.1. The summed E-state index contributed by atoms with van der Waals surface area (Å²) in [5.74, 6) is -0.189. The molecule has 0 radical (unpaired) electrons. The van der Waals surface area contributed by atoms with E-state index in [4.69, 9.17) is 4.74 Å². The van der Waals surface area contributed by atoms with Crippen LogP contribution >= 0.6 is 0 Å². The third kappa shape index (κ3) is 4.22. The van der Waals surface area contributed by atoms with Crippen molar-refractivity contribution in [3.63, 3.8) is 0 Å². The molecule has 2 rings (SSSR count). The quantitative estimate of drug-likeness (QED) is 0.855. The average molecular weight is 394 g/mol. The van der Waals surface area contributed by atoms with Gasteiger partial charge < -0.3 is 15.0 Å². The maximum atomic E-state index is 13.3. The number of hydrogen-bond donors (Lipinski definition) is 1. The number of rotatable bonds is 3. The van der Waals surface area contributed by atoms with E-state index in [-0.39, 0.29) is 31.2 Å². The highest BCUT2D eigenvalue weighted by Gasteiger charge is 2.42. The summed E-state index contributed by atoms with van der Waals surface area (Å²) >= 11 is 0. The summed E-state index contributed by atoms with van der Waals surface area (Å²) < 4.78 is 67.8. The highest BCUT2D eigenvalue weighted by Crippen LogP contribution is 2.37. The maximum Gasteiger partial charge on any atom is 0.418 e. The zero-order valence-corrected chi connectivity index (χ0v) is 15.5. The Bertz CT molecular complexity index is 791. The van der Waals surface area contributed by atoms with E-state index < -0.39 is 38.0 Å². The summed E-state index contributed by atoms with van der Waals surface area (Å²) in [6.45, 7) is 4.66. The summed E-state index contributed by atoms with van der Waals surface area (Å²) in [7, 11) is -3.36. The number of nitrogens with one attached hydrogen (secondary N) is 1. The molecule has 0 aromatic heterocycles. The third-order valence-corrected chi connectivity index (χ3v) is 6.71. The molecule has 0 saturated carbocycles. The van der Waals surface area contributed by atoms with E-state index in [1.165, 1.54) is 24.8 Å². The standard InChI is InChI=1S/C16H21F3N2O4S/c1-4-25-11-5-6-13(12(9-11)16(17,18)19)20-14(22)21-7-8-26(23,24)15(2,3)10-21/h5-6,9H,4,7-8,10H2,1-3H3,(H,20,22). The molecule has 146 valence electrons. The molecule has 1 saturated heterocycles. The molecule has 1 aromatic rings. The lowest BCUT2D eigenvalue weighted by atomic mass is 10.1. The number of nitrogens with zero attached hydrogens (tertiary/aromatic N) is 1. The molecule has 26 heavy (non-hydrogen) atoms. The van der Waals surface area contributed by atoms with Crippen molar-refractivity contribution < 1.29 is 31.1 Å². The smallest absolute Gasteiger partial charge is 0.418 e. The van der Waals surface area contributed by atoms with Crippen LogP contribution in [-0.4, -0.2) is 49.5 Å². The number of amides is 2. The van der Waals surface area contributed by atoms with Gasteiger partial charge in [0.25, 0.3) is 0 Å². The second kappa shape index (κ2) is 6.98. The van der Waals surface area contributed by atoms with Gasteiger partial charge in [0.15, 0.2) is 9.84 Å². The van der Waals surface area contributed by atoms with Crippen molar-refractivity contribution >= 4 is 21.6 Å². The van der Waals surface area contributed by atoms with Crippen LogP contribution in [0.3, 0.4) is 0 Å². The van der Waals surface area contributed by atoms with Gasteiger partial charge in [-0.25, -0.2) is 13.2 Å². The van der Waals surface area contributed by atoms with Gasteiger partial charge >= 0.3 is 12.2 Å². The third-order valence-electron chi connectivity index (χ3n) is 4.18. The van der Waals surface area contributed by atoms with Crippen molar-refractivity contribution in [1.29, 1.82) is 0 Å². The fraction of sp³-hybridized carbons (Fsp3) is 0.562. The minimum atomic E-state index is -4.68. The van der Waals surface area contributed by atoms with E-state index in [0.29, 0.717) is 0 Å². The molecular weight excluding hydrogens is 373 g/mol. The van der Waals surface area contributed by atoms with Gasteiger partial charge in [-0.15, -0.1) is 0 Å². The number of benzene rings is 1. The van der Waals surface area contributed by atoms with Gasteiger partial charge in [-0.2, -0.15) is 13.2 Å². The van der Waals surface area contributed by atoms with Gasteiger partial charge in [0.05, 0.1) is 28.4 Å². The van der Waals surface area contributed by atoms with Crippen molar-refractivity contribution in [1.82, 2.24) is 4.90 Å². The van der Waals surface area contributed by atoms with Crippen LogP contribution in [-0.2, 0) is 16.0 Å². The minimum absolute atomic E-state index is 0.0445. The lowest BCUT2D eigenvalue weighted by molar-refractivity contribution is -0.137. The number of hydrogen-bond acceptors (Lipinski definition) is 4. The first-order valence-corrected chi connectivity index (χ1v) is 9.65. The lowest BCUT2D eigenvalue weighted by Crippen LogP contribution is -2.55. The van der Waals surface area contributed by atoms with Gasteiger partial charge in [0, 0.05) is 13.1 Å². The van der Waals surface area contributed by atoms with Gasteiger partial charge in [-0.1, -0.05) is 0 Å². The Morgan fingerprint density at radius 2 is 2.00 bits per heavy atom. The van der Waals surface area contributed by atoms with E-state index in [1.54, 1.807) is 6.92 Å². The highest BCUT2D eigenvalue weighted by molar-refractivity contribution is 7.92. The molecule has 0 spiro atoms. The summed E-state index contributed by atoms with van der Waals surface area (Å²) in [6.07, 6.45) is -4.68. The molecule has 6 nitrogen and oxygen atoms in total. The largest absolute Gasteiger partial charge is 0.494 e. The number of carbonyl (C=O) groups is 1. The molecule has 0 bridgehead atoms. The molecule has 0 aliphatic carbocycles. The van der Waals surface area contributed by atoms with Crippen LogP contribution in [0.4, 0.5) is 23.7 Å². The van der Waals surface area contributed by atoms with Gasteiger partial charge in [-0.3, -0.25) is 0 Å². The Morgan fingerprint density at radius 3 is 2.54 bits per heavy atom. The Balaban J connectivity index is 2.24. The monoisotopic (exact) mass is 394 g/mol. The van der Waals surface area contributed by atoms with E-state index >= 15 is 0 Å². The summed E-state index contributed by atoms with van der Waals surface area (Å²) in [4.78, 5) is 13.6. The molecule has 1 heterocycles. The van der Waals surface area contributed by atoms with Crippen molar-refractivity contribution in [2.45, 2.75) is 31.7 Å². The van der Waals surface area contributed by atoms with E-state index in [9.17, 15) is 26.4 Å². The van der Waals surface area contributed by atoms with Crippen molar-refractivity contribution in [3.8, 4) is 5.75 Å². The maximum absolute atomic E-state index is 13.3. The van der Waals surface area contributed by atoms with E-state index in [0.717, 1.165) is 12.1 Å².